The zero-order valence-corrected chi connectivity index (χ0v) is 11.2. The number of nitrogens with zero attached hydrogens (tertiary/aromatic N) is 2. The van der Waals surface area contributed by atoms with Gasteiger partial charge in [-0.05, 0) is 32.9 Å². The van der Waals surface area contributed by atoms with Crippen LogP contribution in [0.4, 0.5) is 5.82 Å². The van der Waals surface area contributed by atoms with Gasteiger partial charge in [-0.2, -0.15) is 0 Å². The maximum Gasteiger partial charge on any atom is 0.272 e. The fourth-order valence-electron chi connectivity index (χ4n) is 1.24. The molecule has 1 heterocycles. The normalized spacial score (nSPS) is 10.7. The van der Waals surface area contributed by atoms with Gasteiger partial charge < -0.3 is 16.1 Å². The maximum absolute atomic E-state index is 11.7. The molecule has 0 aliphatic rings. The molecule has 0 unspecified atom stereocenters. The SMILES string of the molecule is CC(C)(C)NC(=O)CNC(=O)c1ccc(NN)nn1. The smallest absolute Gasteiger partial charge is 0.272 e. The van der Waals surface area contributed by atoms with Gasteiger partial charge in [-0.15, -0.1) is 10.2 Å². The number of rotatable bonds is 4. The van der Waals surface area contributed by atoms with Crippen molar-refractivity contribution in [2.45, 2.75) is 26.3 Å². The van der Waals surface area contributed by atoms with E-state index in [9.17, 15) is 9.59 Å². The average Bonchev–Trinajstić information content (AvgIpc) is 2.34. The number of aromatic nitrogens is 2. The van der Waals surface area contributed by atoms with Crippen LogP contribution in [0.1, 0.15) is 31.3 Å². The Morgan fingerprint density at radius 2 is 1.95 bits per heavy atom. The van der Waals surface area contributed by atoms with Gasteiger partial charge in [-0.25, -0.2) is 5.84 Å². The van der Waals surface area contributed by atoms with Crippen LogP contribution in [0.15, 0.2) is 12.1 Å². The topological polar surface area (TPSA) is 122 Å². The molecule has 0 saturated heterocycles. The van der Waals surface area contributed by atoms with Crippen LogP contribution in [-0.2, 0) is 4.79 Å². The first-order chi connectivity index (χ1) is 8.81. The number of amides is 2. The van der Waals surface area contributed by atoms with Crippen LogP contribution >= 0.6 is 0 Å². The standard InChI is InChI=1S/C11H18N6O2/c1-11(2,3)14-9(18)6-13-10(19)7-4-5-8(15-12)17-16-7/h4-5H,6,12H2,1-3H3,(H,13,19)(H,14,18)(H,15,17). The Morgan fingerprint density at radius 1 is 1.26 bits per heavy atom. The number of nitrogens with two attached hydrogens (primary N) is 1. The molecule has 0 aliphatic heterocycles. The number of nitrogen functional groups attached to an aromatic ring is 1. The van der Waals surface area contributed by atoms with Gasteiger partial charge in [0.15, 0.2) is 11.5 Å². The number of hydrogen-bond donors (Lipinski definition) is 4. The molecule has 1 rings (SSSR count). The van der Waals surface area contributed by atoms with Crippen molar-refractivity contribution in [3.8, 4) is 0 Å². The molecule has 19 heavy (non-hydrogen) atoms. The van der Waals surface area contributed by atoms with Crippen molar-refractivity contribution < 1.29 is 9.59 Å². The van der Waals surface area contributed by atoms with Gasteiger partial charge in [0, 0.05) is 5.54 Å². The van der Waals surface area contributed by atoms with Gasteiger partial charge in [-0.3, -0.25) is 9.59 Å². The van der Waals surface area contributed by atoms with Crippen LogP contribution in [0.25, 0.3) is 0 Å². The van der Waals surface area contributed by atoms with Crippen molar-refractivity contribution in [2.75, 3.05) is 12.0 Å². The van der Waals surface area contributed by atoms with Crippen molar-refractivity contribution in [2.24, 2.45) is 5.84 Å². The Balaban J connectivity index is 2.49. The summed E-state index contributed by atoms with van der Waals surface area (Å²) in [6.45, 7) is 5.46. The van der Waals surface area contributed by atoms with E-state index in [1.807, 2.05) is 20.8 Å². The molecular weight excluding hydrogens is 248 g/mol. The van der Waals surface area contributed by atoms with E-state index < -0.39 is 5.91 Å². The van der Waals surface area contributed by atoms with E-state index in [4.69, 9.17) is 5.84 Å². The number of hydrogen-bond acceptors (Lipinski definition) is 6. The van der Waals surface area contributed by atoms with Gasteiger partial charge in [0.1, 0.15) is 0 Å². The van der Waals surface area contributed by atoms with Gasteiger partial charge in [0.2, 0.25) is 5.91 Å². The summed E-state index contributed by atoms with van der Waals surface area (Å²) in [6, 6.07) is 2.97. The minimum absolute atomic E-state index is 0.113. The van der Waals surface area contributed by atoms with Crippen LogP contribution < -0.4 is 21.9 Å². The second kappa shape index (κ2) is 6.10. The molecule has 5 N–H and O–H groups in total. The molecule has 0 bridgehead atoms. The summed E-state index contributed by atoms with van der Waals surface area (Å²) in [5, 5.41) is 12.5. The zero-order chi connectivity index (χ0) is 14.5. The van der Waals surface area contributed by atoms with Crippen molar-refractivity contribution >= 4 is 17.6 Å². The van der Waals surface area contributed by atoms with E-state index >= 15 is 0 Å². The minimum Gasteiger partial charge on any atom is -0.350 e. The third-order valence-corrected chi connectivity index (χ3v) is 1.97. The molecule has 0 aliphatic carbocycles. The number of anilines is 1. The summed E-state index contributed by atoms with van der Waals surface area (Å²) >= 11 is 0. The Labute approximate surface area is 111 Å². The molecule has 2 amide bonds. The Bertz CT molecular complexity index is 451. The molecule has 8 heteroatoms. The summed E-state index contributed by atoms with van der Waals surface area (Å²) in [6.07, 6.45) is 0. The summed E-state index contributed by atoms with van der Waals surface area (Å²) in [5.74, 6) is 4.73. The van der Waals surface area contributed by atoms with E-state index in [1.54, 1.807) is 0 Å². The van der Waals surface area contributed by atoms with Gasteiger partial charge >= 0.3 is 0 Å². The van der Waals surface area contributed by atoms with Gasteiger partial charge in [0.25, 0.3) is 5.91 Å². The maximum atomic E-state index is 11.7. The van der Waals surface area contributed by atoms with E-state index in [2.05, 4.69) is 26.3 Å². The monoisotopic (exact) mass is 266 g/mol. The molecule has 0 aromatic carbocycles. The number of carbonyl (C=O) groups excluding carboxylic acids is 2. The van der Waals surface area contributed by atoms with Crippen LogP contribution in [0, 0.1) is 0 Å². The molecule has 8 nitrogen and oxygen atoms in total. The Kier molecular flexibility index (Phi) is 4.76. The summed E-state index contributed by atoms with van der Waals surface area (Å²) in [5.41, 5.74) is 2.08. The molecule has 1 aromatic heterocycles. The largest absolute Gasteiger partial charge is 0.350 e. The third-order valence-electron chi connectivity index (χ3n) is 1.97. The van der Waals surface area contributed by atoms with Gasteiger partial charge in [-0.1, -0.05) is 0 Å². The third kappa shape index (κ3) is 5.30. The van der Waals surface area contributed by atoms with Crippen molar-refractivity contribution in [3.63, 3.8) is 0 Å². The highest BCUT2D eigenvalue weighted by Gasteiger charge is 2.15. The molecule has 104 valence electrons. The van der Waals surface area contributed by atoms with E-state index in [-0.39, 0.29) is 23.7 Å². The molecule has 0 saturated carbocycles. The quantitative estimate of drug-likeness (QED) is 0.426. The second-order valence-corrected chi connectivity index (χ2v) is 4.93. The lowest BCUT2D eigenvalue weighted by Crippen LogP contribution is -2.45. The number of nitrogens with one attached hydrogen (secondary N) is 3. The molecule has 0 radical (unpaired) electrons. The number of hydrazine groups is 1. The van der Waals surface area contributed by atoms with Crippen LogP contribution in [0.3, 0.4) is 0 Å². The van der Waals surface area contributed by atoms with Crippen LogP contribution in [-0.4, -0.2) is 34.1 Å². The summed E-state index contributed by atoms with van der Waals surface area (Å²) in [4.78, 5) is 23.2. The summed E-state index contributed by atoms with van der Waals surface area (Å²) < 4.78 is 0. The Hall–Kier alpha value is -2.22. The average molecular weight is 266 g/mol. The first-order valence-electron chi connectivity index (χ1n) is 5.71. The highest BCUT2D eigenvalue weighted by Crippen LogP contribution is 2.00. The molecule has 0 spiro atoms. The summed E-state index contributed by atoms with van der Waals surface area (Å²) in [7, 11) is 0. The van der Waals surface area contributed by atoms with Crippen molar-refractivity contribution in [1.29, 1.82) is 0 Å². The highest BCUT2D eigenvalue weighted by atomic mass is 16.2. The second-order valence-electron chi connectivity index (χ2n) is 4.93. The van der Waals surface area contributed by atoms with Gasteiger partial charge in [0.05, 0.1) is 6.54 Å². The van der Waals surface area contributed by atoms with Crippen LogP contribution in [0.2, 0.25) is 0 Å². The lowest BCUT2D eigenvalue weighted by Gasteiger charge is -2.20. The predicted molar refractivity (Wildman–Crippen MR) is 70.1 cm³/mol. The first-order valence-corrected chi connectivity index (χ1v) is 5.71. The van der Waals surface area contributed by atoms with E-state index in [1.165, 1.54) is 12.1 Å². The van der Waals surface area contributed by atoms with Crippen LogP contribution in [0.5, 0.6) is 0 Å². The zero-order valence-electron chi connectivity index (χ0n) is 11.2. The molecule has 1 aromatic rings. The lowest BCUT2D eigenvalue weighted by molar-refractivity contribution is -0.121. The minimum atomic E-state index is -0.472. The van der Waals surface area contributed by atoms with Crippen molar-refractivity contribution in [1.82, 2.24) is 20.8 Å². The number of carbonyl (C=O) groups is 2. The molecule has 0 atom stereocenters. The van der Waals surface area contributed by atoms with Crippen molar-refractivity contribution in [3.05, 3.63) is 17.8 Å². The highest BCUT2D eigenvalue weighted by molar-refractivity contribution is 5.94. The first kappa shape index (κ1) is 14.8. The Morgan fingerprint density at radius 3 is 2.42 bits per heavy atom. The van der Waals surface area contributed by atoms with E-state index in [0.29, 0.717) is 5.82 Å². The predicted octanol–water partition coefficient (Wildman–Crippen LogP) is -0.593. The molecular formula is C11H18N6O2. The fraction of sp³-hybridized carbons (Fsp3) is 0.455. The lowest BCUT2D eigenvalue weighted by atomic mass is 10.1. The molecule has 0 fully saturated rings. The van der Waals surface area contributed by atoms with E-state index in [0.717, 1.165) is 0 Å². The fourth-order valence-corrected chi connectivity index (χ4v) is 1.24.